The van der Waals surface area contributed by atoms with Crippen LogP contribution < -0.4 is 15.2 Å². The number of hydrogen-bond donors (Lipinski definition) is 2. The number of carboxylic acids is 1. The van der Waals surface area contributed by atoms with Gasteiger partial charge < -0.3 is 20.1 Å². The van der Waals surface area contributed by atoms with E-state index in [-0.39, 0.29) is 37.2 Å². The van der Waals surface area contributed by atoms with Gasteiger partial charge in [-0.3, -0.25) is 14.4 Å². The van der Waals surface area contributed by atoms with Crippen molar-refractivity contribution >= 4 is 36.7 Å². The Morgan fingerprint density at radius 1 is 1.14 bits per heavy atom. The minimum atomic E-state index is -3.01. The molecule has 0 bridgehead atoms. The highest BCUT2D eigenvalue weighted by molar-refractivity contribution is 6.88. The van der Waals surface area contributed by atoms with Crippen molar-refractivity contribution in [1.82, 2.24) is 4.90 Å². The molecule has 0 fully saturated rings. The van der Waals surface area contributed by atoms with Crippen LogP contribution in [0.25, 0.3) is 0 Å². The van der Waals surface area contributed by atoms with Gasteiger partial charge in [0.25, 0.3) is 5.91 Å². The number of carbonyl (C=O) groups excluding carboxylic acids is 2. The van der Waals surface area contributed by atoms with Gasteiger partial charge in [0.2, 0.25) is 5.91 Å². The number of amides is 2. The Labute approximate surface area is 208 Å². The van der Waals surface area contributed by atoms with Crippen LogP contribution in [0.15, 0.2) is 36.4 Å². The zero-order valence-corrected chi connectivity index (χ0v) is 21.3. The van der Waals surface area contributed by atoms with E-state index in [0.29, 0.717) is 22.7 Å². The molecular weight excluding hydrogens is 493 g/mol. The van der Waals surface area contributed by atoms with E-state index < -0.39 is 44.3 Å². The van der Waals surface area contributed by atoms with Crippen LogP contribution >= 0.6 is 0 Å². The maximum atomic E-state index is 14.7. The SMILES string of the molecule is C[Si](C)(C)c1ccc(NC(=O)[C@H]2c3ccc(OC(F)F)cc3CCN2C(=O)CCCC(=O)O)cc1F. The quantitative estimate of drug-likeness (QED) is 0.479. The Morgan fingerprint density at radius 2 is 1.86 bits per heavy atom. The van der Waals surface area contributed by atoms with Crippen molar-refractivity contribution in [3.63, 3.8) is 0 Å². The van der Waals surface area contributed by atoms with E-state index in [4.69, 9.17) is 5.11 Å². The van der Waals surface area contributed by atoms with E-state index in [9.17, 15) is 27.6 Å². The second kappa shape index (κ2) is 11.1. The number of rotatable bonds is 9. The Hall–Kier alpha value is -3.34. The van der Waals surface area contributed by atoms with Gasteiger partial charge in [0, 0.05) is 25.1 Å². The molecule has 2 aromatic rings. The van der Waals surface area contributed by atoms with Crippen LogP contribution in [0.4, 0.5) is 18.9 Å². The molecule has 0 aromatic heterocycles. The molecule has 3 rings (SSSR count). The van der Waals surface area contributed by atoms with Gasteiger partial charge in [-0.1, -0.05) is 31.8 Å². The highest BCUT2D eigenvalue weighted by atomic mass is 28.3. The van der Waals surface area contributed by atoms with Crippen molar-refractivity contribution in [2.75, 3.05) is 11.9 Å². The molecule has 0 saturated heterocycles. The second-order valence-electron chi connectivity index (χ2n) is 9.66. The highest BCUT2D eigenvalue weighted by Gasteiger charge is 2.36. The summed E-state index contributed by atoms with van der Waals surface area (Å²) in [6, 6.07) is 7.57. The largest absolute Gasteiger partial charge is 0.481 e. The van der Waals surface area contributed by atoms with Crippen LogP contribution in [-0.2, 0) is 20.8 Å². The van der Waals surface area contributed by atoms with Crippen molar-refractivity contribution in [3.8, 4) is 5.75 Å². The molecule has 11 heteroatoms. The molecule has 2 aromatic carbocycles. The molecule has 0 saturated carbocycles. The van der Waals surface area contributed by atoms with E-state index in [2.05, 4.69) is 10.1 Å². The fraction of sp³-hybridized carbons (Fsp3) is 0.400. The lowest BCUT2D eigenvalue weighted by Gasteiger charge is -2.36. The molecule has 1 aliphatic heterocycles. The van der Waals surface area contributed by atoms with E-state index >= 15 is 0 Å². The average Bonchev–Trinajstić information content (AvgIpc) is 2.76. The summed E-state index contributed by atoms with van der Waals surface area (Å²) in [5, 5.41) is 12.2. The van der Waals surface area contributed by atoms with E-state index in [1.165, 1.54) is 29.2 Å². The third-order valence-corrected chi connectivity index (χ3v) is 7.98. The smallest absolute Gasteiger partial charge is 0.387 e. The first-order chi connectivity index (χ1) is 16.9. The molecule has 2 N–H and O–H groups in total. The van der Waals surface area contributed by atoms with Crippen LogP contribution in [0.1, 0.15) is 36.4 Å². The van der Waals surface area contributed by atoms with Gasteiger partial charge in [-0.05, 0) is 53.4 Å². The number of hydrogen-bond acceptors (Lipinski definition) is 4. The van der Waals surface area contributed by atoms with Gasteiger partial charge in [0.05, 0.1) is 8.07 Å². The fourth-order valence-electron chi connectivity index (χ4n) is 4.28. The fourth-order valence-corrected chi connectivity index (χ4v) is 5.65. The third kappa shape index (κ3) is 6.65. The Bertz CT molecular complexity index is 1150. The summed E-state index contributed by atoms with van der Waals surface area (Å²) in [5.41, 5.74) is 1.23. The Kier molecular flexibility index (Phi) is 8.44. The van der Waals surface area contributed by atoms with Crippen LogP contribution in [0.2, 0.25) is 19.6 Å². The molecule has 2 amide bonds. The first-order valence-corrected chi connectivity index (χ1v) is 15.1. The van der Waals surface area contributed by atoms with Gasteiger partial charge in [-0.15, -0.1) is 0 Å². The topological polar surface area (TPSA) is 95.9 Å². The molecule has 1 aliphatic rings. The van der Waals surface area contributed by atoms with Crippen molar-refractivity contribution in [2.45, 2.75) is 58.0 Å². The number of ether oxygens (including phenoxy) is 1. The summed E-state index contributed by atoms with van der Waals surface area (Å²) < 4.78 is 44.5. The van der Waals surface area contributed by atoms with E-state index in [1.807, 2.05) is 19.6 Å². The lowest BCUT2D eigenvalue weighted by molar-refractivity contribution is -0.140. The molecule has 36 heavy (non-hydrogen) atoms. The van der Waals surface area contributed by atoms with Gasteiger partial charge in [0.1, 0.15) is 17.6 Å². The number of halogens is 3. The van der Waals surface area contributed by atoms with Crippen molar-refractivity contribution < 1.29 is 37.4 Å². The number of carbonyl (C=O) groups is 3. The molecule has 1 heterocycles. The summed E-state index contributed by atoms with van der Waals surface area (Å²) in [7, 11) is -1.93. The van der Waals surface area contributed by atoms with Gasteiger partial charge in [-0.2, -0.15) is 8.78 Å². The molecule has 7 nitrogen and oxygen atoms in total. The van der Waals surface area contributed by atoms with E-state index in [1.54, 1.807) is 12.1 Å². The number of alkyl halides is 2. The molecule has 0 spiro atoms. The Morgan fingerprint density at radius 3 is 2.47 bits per heavy atom. The molecule has 194 valence electrons. The number of anilines is 1. The van der Waals surface area contributed by atoms with Gasteiger partial charge in [0.15, 0.2) is 0 Å². The van der Waals surface area contributed by atoms with E-state index in [0.717, 1.165) is 0 Å². The highest BCUT2D eigenvalue weighted by Crippen LogP contribution is 2.34. The number of nitrogens with zero attached hydrogens (tertiary/aromatic N) is 1. The summed E-state index contributed by atoms with van der Waals surface area (Å²) >= 11 is 0. The number of fused-ring (bicyclic) bond motifs is 1. The van der Waals surface area contributed by atoms with Crippen molar-refractivity contribution in [3.05, 3.63) is 53.3 Å². The number of carboxylic acid groups (broad SMARTS) is 1. The normalized spacial score (nSPS) is 15.4. The predicted octanol–water partition coefficient (Wildman–Crippen LogP) is 4.29. The van der Waals surface area contributed by atoms with Crippen molar-refractivity contribution in [2.24, 2.45) is 0 Å². The molecule has 0 radical (unpaired) electrons. The summed E-state index contributed by atoms with van der Waals surface area (Å²) in [6.07, 6.45) is 0.141. The lowest BCUT2D eigenvalue weighted by Crippen LogP contribution is -2.45. The zero-order chi connectivity index (χ0) is 26.6. The van der Waals surface area contributed by atoms with Crippen molar-refractivity contribution in [1.29, 1.82) is 0 Å². The third-order valence-electron chi connectivity index (χ3n) is 5.96. The van der Waals surface area contributed by atoms with Crippen LogP contribution in [0.3, 0.4) is 0 Å². The Balaban J connectivity index is 1.91. The van der Waals surface area contributed by atoms with Crippen LogP contribution in [-0.4, -0.2) is 49.0 Å². The predicted molar refractivity (Wildman–Crippen MR) is 131 cm³/mol. The molecule has 1 atom stereocenters. The second-order valence-corrected chi connectivity index (χ2v) is 14.7. The summed E-state index contributed by atoms with van der Waals surface area (Å²) in [6.45, 7) is 3.12. The summed E-state index contributed by atoms with van der Waals surface area (Å²) in [5.74, 6) is -2.52. The van der Waals surface area contributed by atoms with Gasteiger partial charge >= 0.3 is 12.6 Å². The minimum Gasteiger partial charge on any atom is -0.481 e. The lowest BCUT2D eigenvalue weighted by atomic mass is 9.91. The minimum absolute atomic E-state index is 0.0619. The number of benzene rings is 2. The monoisotopic (exact) mass is 522 g/mol. The number of nitrogens with one attached hydrogen (secondary N) is 1. The molecule has 0 aliphatic carbocycles. The average molecular weight is 523 g/mol. The summed E-state index contributed by atoms with van der Waals surface area (Å²) in [4.78, 5) is 38.6. The van der Waals surface area contributed by atoms with Crippen LogP contribution in [0, 0.1) is 5.82 Å². The molecular formula is C25H29F3N2O5Si. The molecule has 0 unspecified atom stereocenters. The number of aliphatic carboxylic acids is 1. The van der Waals surface area contributed by atoms with Crippen LogP contribution in [0.5, 0.6) is 5.75 Å². The standard InChI is InChI=1S/C25H29F3N2O5Si/c1-36(2,3)20-10-7-16(14-19(20)26)29-24(34)23-18-9-8-17(35-25(27)28)13-15(18)11-12-30(23)21(31)5-4-6-22(32)33/h7-10,13-14,23,25H,4-6,11-12H2,1-3H3,(H,29,34)(H,32,33)/t23-/m1/s1. The maximum Gasteiger partial charge on any atom is 0.387 e. The van der Waals surface area contributed by atoms with Gasteiger partial charge in [-0.25, -0.2) is 4.39 Å². The maximum absolute atomic E-state index is 14.7. The first kappa shape index (κ1) is 27.2. The zero-order valence-electron chi connectivity index (χ0n) is 20.3. The first-order valence-electron chi connectivity index (χ1n) is 11.6.